The normalized spacial score (nSPS) is 61.9. The van der Waals surface area contributed by atoms with Crippen LogP contribution in [0.5, 0.6) is 0 Å². The maximum atomic E-state index is 2.42. The van der Waals surface area contributed by atoms with Crippen molar-refractivity contribution < 1.29 is 0 Å². The molecule has 0 N–H and O–H groups in total. The quantitative estimate of drug-likeness (QED) is 0.446. The Morgan fingerprint density at radius 2 is 2.00 bits per heavy atom. The second-order valence-electron chi connectivity index (χ2n) is 4.22. The Bertz CT molecular complexity index is 155. The summed E-state index contributed by atoms with van der Waals surface area (Å²) in [6.07, 6.45) is 6.35. The van der Waals surface area contributed by atoms with E-state index in [1.807, 2.05) is 0 Å². The van der Waals surface area contributed by atoms with E-state index in [1.54, 1.807) is 25.7 Å². The van der Waals surface area contributed by atoms with Gasteiger partial charge in [-0.3, -0.25) is 0 Å². The summed E-state index contributed by atoms with van der Waals surface area (Å²) in [6, 6.07) is 0. The molecule has 0 nitrogen and oxygen atoms in total. The highest BCUT2D eigenvalue weighted by Crippen LogP contribution is 2.91. The van der Waals surface area contributed by atoms with Crippen LogP contribution in [0.25, 0.3) is 0 Å². The van der Waals surface area contributed by atoms with E-state index in [0.29, 0.717) is 0 Å². The predicted molar refractivity (Wildman–Crippen MR) is 32.5 cm³/mol. The fraction of sp³-hybridized carbons (Fsp3) is 1.00. The molecule has 0 heterocycles. The van der Waals surface area contributed by atoms with E-state index in [4.69, 9.17) is 0 Å². The van der Waals surface area contributed by atoms with Crippen molar-refractivity contribution in [3.05, 3.63) is 0 Å². The minimum absolute atomic E-state index is 0.965. The zero-order valence-electron chi connectivity index (χ0n) is 5.41. The van der Waals surface area contributed by atoms with Gasteiger partial charge in [-0.05, 0) is 42.4 Å². The molecule has 44 valence electrons. The fourth-order valence-electron chi connectivity index (χ4n) is 2.86. The molecule has 3 aliphatic carbocycles. The first kappa shape index (κ1) is 3.92. The van der Waals surface area contributed by atoms with Crippen molar-refractivity contribution in [2.24, 2.45) is 16.7 Å². The van der Waals surface area contributed by atoms with Gasteiger partial charge in [0.25, 0.3) is 0 Å². The van der Waals surface area contributed by atoms with E-state index in [0.717, 1.165) is 16.7 Å². The summed E-state index contributed by atoms with van der Waals surface area (Å²) in [5.41, 5.74) is 1.94. The minimum Gasteiger partial charge on any atom is -0.0619 e. The smallest absolute Gasteiger partial charge is 0.0207 e. The lowest BCUT2D eigenvalue weighted by Gasteiger charge is -1.82. The topological polar surface area (TPSA) is 0 Å². The molecule has 0 heteroatoms. The molecule has 0 aliphatic heterocycles. The molecular formula is C8H12. The van der Waals surface area contributed by atoms with Gasteiger partial charge >= 0.3 is 0 Å². The standard InChI is InChI=1S/C8H12/c1-6-4-8(6)5-7(8)2-3-7/h6H,2-5H2,1H3. The zero-order valence-corrected chi connectivity index (χ0v) is 5.41. The van der Waals surface area contributed by atoms with Gasteiger partial charge < -0.3 is 0 Å². The zero-order chi connectivity index (χ0) is 5.41. The molecular weight excluding hydrogens is 96.1 g/mol. The second-order valence-corrected chi connectivity index (χ2v) is 4.22. The summed E-state index contributed by atoms with van der Waals surface area (Å²) in [5, 5.41) is 0. The Balaban J connectivity index is 1.97. The van der Waals surface area contributed by atoms with Gasteiger partial charge in [0, 0.05) is 0 Å². The molecule has 0 amide bonds. The monoisotopic (exact) mass is 108 g/mol. The highest BCUT2D eigenvalue weighted by Gasteiger charge is 2.82. The number of hydrogen-bond acceptors (Lipinski definition) is 0. The van der Waals surface area contributed by atoms with Crippen LogP contribution >= 0.6 is 0 Å². The van der Waals surface area contributed by atoms with Crippen LogP contribution in [-0.2, 0) is 0 Å². The van der Waals surface area contributed by atoms with Crippen molar-refractivity contribution in [2.45, 2.75) is 32.6 Å². The van der Waals surface area contributed by atoms with Crippen LogP contribution in [0.1, 0.15) is 32.6 Å². The van der Waals surface area contributed by atoms with Crippen molar-refractivity contribution in [1.29, 1.82) is 0 Å². The Morgan fingerprint density at radius 3 is 2.12 bits per heavy atom. The average Bonchev–Trinajstić information content (AvgIpc) is 2.53. The van der Waals surface area contributed by atoms with Gasteiger partial charge in [0.15, 0.2) is 0 Å². The Morgan fingerprint density at radius 1 is 1.38 bits per heavy atom. The van der Waals surface area contributed by atoms with Crippen molar-refractivity contribution >= 4 is 0 Å². The van der Waals surface area contributed by atoms with Gasteiger partial charge in [-0.15, -0.1) is 0 Å². The van der Waals surface area contributed by atoms with Gasteiger partial charge in [0.1, 0.15) is 0 Å². The van der Waals surface area contributed by atoms with E-state index in [9.17, 15) is 0 Å². The van der Waals surface area contributed by atoms with E-state index in [2.05, 4.69) is 6.92 Å². The summed E-state index contributed by atoms with van der Waals surface area (Å²) >= 11 is 0. The summed E-state index contributed by atoms with van der Waals surface area (Å²) in [6.45, 7) is 2.42. The summed E-state index contributed by atoms with van der Waals surface area (Å²) in [7, 11) is 0. The molecule has 0 saturated heterocycles. The maximum Gasteiger partial charge on any atom is -0.0207 e. The van der Waals surface area contributed by atoms with Gasteiger partial charge in [-0.1, -0.05) is 6.92 Å². The highest BCUT2D eigenvalue weighted by atomic mass is 14.9. The fourth-order valence-corrected chi connectivity index (χ4v) is 2.86. The van der Waals surface area contributed by atoms with E-state index in [1.165, 1.54) is 0 Å². The van der Waals surface area contributed by atoms with Crippen LogP contribution in [-0.4, -0.2) is 0 Å². The largest absolute Gasteiger partial charge is 0.0619 e. The third kappa shape index (κ3) is 0.206. The molecule has 0 radical (unpaired) electrons. The Labute approximate surface area is 50.3 Å². The molecule has 3 rings (SSSR count). The first-order valence-electron chi connectivity index (χ1n) is 3.79. The molecule has 0 aromatic heterocycles. The van der Waals surface area contributed by atoms with Crippen LogP contribution < -0.4 is 0 Å². The second kappa shape index (κ2) is 0.698. The molecule has 0 aromatic rings. The molecule has 0 bridgehead atoms. The maximum absolute atomic E-state index is 2.42. The van der Waals surface area contributed by atoms with E-state index in [-0.39, 0.29) is 0 Å². The molecule has 3 saturated carbocycles. The number of rotatable bonds is 0. The van der Waals surface area contributed by atoms with Crippen LogP contribution in [0, 0.1) is 16.7 Å². The van der Waals surface area contributed by atoms with Gasteiger partial charge in [0.2, 0.25) is 0 Å². The molecule has 3 aliphatic rings. The summed E-state index contributed by atoms with van der Waals surface area (Å²) in [4.78, 5) is 0. The van der Waals surface area contributed by atoms with Crippen molar-refractivity contribution in [1.82, 2.24) is 0 Å². The third-order valence-electron chi connectivity index (χ3n) is 3.89. The minimum atomic E-state index is 0.965. The Hall–Kier alpha value is 0. The van der Waals surface area contributed by atoms with E-state index >= 15 is 0 Å². The Kier molecular flexibility index (Phi) is 0.342. The van der Waals surface area contributed by atoms with Crippen LogP contribution in [0.2, 0.25) is 0 Å². The number of hydrogen-bond donors (Lipinski definition) is 0. The van der Waals surface area contributed by atoms with Gasteiger partial charge in [0.05, 0.1) is 0 Å². The van der Waals surface area contributed by atoms with E-state index < -0.39 is 0 Å². The SMILES string of the molecule is CC1CC12CC21CC1. The molecule has 2 spiro atoms. The molecule has 2 unspecified atom stereocenters. The highest BCUT2D eigenvalue weighted by molar-refractivity contribution is 5.31. The first-order chi connectivity index (χ1) is 3.79. The molecule has 2 atom stereocenters. The molecule has 3 fully saturated rings. The van der Waals surface area contributed by atoms with Crippen molar-refractivity contribution in [3.63, 3.8) is 0 Å². The lowest BCUT2D eigenvalue weighted by molar-refractivity contribution is 0.656. The third-order valence-corrected chi connectivity index (χ3v) is 3.89. The molecule has 8 heavy (non-hydrogen) atoms. The van der Waals surface area contributed by atoms with Crippen molar-refractivity contribution in [2.75, 3.05) is 0 Å². The number of fused-ring (bicyclic) bond motifs is 1. The van der Waals surface area contributed by atoms with Crippen LogP contribution in [0.4, 0.5) is 0 Å². The summed E-state index contributed by atoms with van der Waals surface area (Å²) < 4.78 is 0. The average molecular weight is 108 g/mol. The van der Waals surface area contributed by atoms with Gasteiger partial charge in [-0.2, -0.15) is 0 Å². The van der Waals surface area contributed by atoms with Crippen molar-refractivity contribution in [3.8, 4) is 0 Å². The molecule has 0 aromatic carbocycles. The van der Waals surface area contributed by atoms with Gasteiger partial charge in [-0.25, -0.2) is 0 Å². The summed E-state index contributed by atoms with van der Waals surface area (Å²) in [5.74, 6) is 1.12. The van der Waals surface area contributed by atoms with Crippen LogP contribution in [0.15, 0.2) is 0 Å². The lowest BCUT2D eigenvalue weighted by Crippen LogP contribution is -1.77. The predicted octanol–water partition coefficient (Wildman–Crippen LogP) is 2.20. The first-order valence-corrected chi connectivity index (χ1v) is 3.79. The lowest BCUT2D eigenvalue weighted by atomic mass is 10.2. The van der Waals surface area contributed by atoms with Crippen LogP contribution in [0.3, 0.4) is 0 Å².